The maximum Gasteiger partial charge on any atom is 0.127 e. The van der Waals surface area contributed by atoms with Crippen molar-refractivity contribution < 1.29 is 9.47 Å². The molecule has 20 heavy (non-hydrogen) atoms. The van der Waals surface area contributed by atoms with Gasteiger partial charge in [-0.05, 0) is 17.2 Å². The Morgan fingerprint density at radius 3 is 2.50 bits per heavy atom. The van der Waals surface area contributed by atoms with Gasteiger partial charge in [-0.3, -0.25) is 4.90 Å². The number of nitrogens with zero attached hydrogens (tertiary/aromatic N) is 1. The molecule has 0 radical (unpaired) electrons. The van der Waals surface area contributed by atoms with Crippen LogP contribution >= 0.6 is 0 Å². The van der Waals surface area contributed by atoms with Crippen LogP contribution in [0.15, 0.2) is 42.5 Å². The summed E-state index contributed by atoms with van der Waals surface area (Å²) in [7, 11) is 3.41. The second-order valence-electron chi connectivity index (χ2n) is 5.10. The first kappa shape index (κ1) is 13.0. The second kappa shape index (κ2) is 5.55. The molecule has 1 aliphatic heterocycles. The van der Waals surface area contributed by atoms with Gasteiger partial charge in [0.1, 0.15) is 11.5 Å². The molecule has 0 bridgehead atoms. The molecule has 1 heterocycles. The summed E-state index contributed by atoms with van der Waals surface area (Å²) in [5.74, 6) is 1.79. The third kappa shape index (κ3) is 2.49. The van der Waals surface area contributed by atoms with Gasteiger partial charge in [0, 0.05) is 31.3 Å². The molecule has 3 rings (SSSR count). The molecule has 0 aromatic heterocycles. The van der Waals surface area contributed by atoms with Crippen molar-refractivity contribution in [1.29, 1.82) is 0 Å². The Morgan fingerprint density at radius 2 is 1.80 bits per heavy atom. The minimum atomic E-state index is 0.863. The number of benzene rings is 2. The standard InChI is InChI=1S/C17H19NO2/c1-19-15-8-14-11-18(10-13-6-4-3-5-7-13)12-16(14)17(9-15)20-2/h3-9H,10-12H2,1-2H3. The van der Waals surface area contributed by atoms with Gasteiger partial charge < -0.3 is 9.47 Å². The van der Waals surface area contributed by atoms with Crippen LogP contribution in [0.1, 0.15) is 16.7 Å². The van der Waals surface area contributed by atoms with Crippen LogP contribution in [0.3, 0.4) is 0 Å². The van der Waals surface area contributed by atoms with Crippen molar-refractivity contribution in [3.05, 3.63) is 59.2 Å². The van der Waals surface area contributed by atoms with E-state index in [2.05, 4.69) is 41.3 Å². The van der Waals surface area contributed by atoms with E-state index >= 15 is 0 Å². The zero-order valence-corrected chi connectivity index (χ0v) is 11.9. The van der Waals surface area contributed by atoms with Crippen LogP contribution in [-0.2, 0) is 19.6 Å². The highest BCUT2D eigenvalue weighted by Gasteiger charge is 2.23. The fraction of sp³-hybridized carbons (Fsp3) is 0.294. The van der Waals surface area contributed by atoms with Crippen LogP contribution in [0.5, 0.6) is 11.5 Å². The molecule has 0 spiro atoms. The van der Waals surface area contributed by atoms with Gasteiger partial charge in [0.25, 0.3) is 0 Å². The minimum absolute atomic E-state index is 0.863. The number of rotatable bonds is 4. The van der Waals surface area contributed by atoms with Crippen LogP contribution in [0, 0.1) is 0 Å². The van der Waals surface area contributed by atoms with E-state index in [4.69, 9.17) is 9.47 Å². The zero-order valence-electron chi connectivity index (χ0n) is 11.9. The molecule has 0 saturated heterocycles. The fourth-order valence-corrected chi connectivity index (χ4v) is 2.77. The molecule has 0 saturated carbocycles. The minimum Gasteiger partial charge on any atom is -0.497 e. The molecular weight excluding hydrogens is 250 g/mol. The zero-order chi connectivity index (χ0) is 13.9. The lowest BCUT2D eigenvalue weighted by Crippen LogP contribution is -2.15. The summed E-state index contributed by atoms with van der Waals surface area (Å²) in [6.45, 7) is 2.83. The number of hydrogen-bond acceptors (Lipinski definition) is 3. The molecule has 1 aliphatic rings. The Morgan fingerprint density at radius 1 is 1.00 bits per heavy atom. The predicted octanol–water partition coefficient (Wildman–Crippen LogP) is 3.22. The monoisotopic (exact) mass is 269 g/mol. The number of hydrogen-bond donors (Lipinski definition) is 0. The van der Waals surface area contributed by atoms with Gasteiger partial charge >= 0.3 is 0 Å². The average Bonchev–Trinajstić information content (AvgIpc) is 2.89. The van der Waals surface area contributed by atoms with E-state index in [1.54, 1.807) is 14.2 Å². The molecule has 0 fully saturated rings. The summed E-state index contributed by atoms with van der Waals surface area (Å²) in [6, 6.07) is 14.6. The Hall–Kier alpha value is -2.00. The number of methoxy groups -OCH3 is 2. The van der Waals surface area contributed by atoms with E-state index in [0.717, 1.165) is 31.1 Å². The molecule has 0 aliphatic carbocycles. The fourth-order valence-electron chi connectivity index (χ4n) is 2.77. The van der Waals surface area contributed by atoms with Crippen molar-refractivity contribution in [2.24, 2.45) is 0 Å². The molecule has 3 nitrogen and oxygen atoms in total. The maximum absolute atomic E-state index is 5.49. The first-order valence-corrected chi connectivity index (χ1v) is 6.80. The van der Waals surface area contributed by atoms with Gasteiger partial charge in [-0.25, -0.2) is 0 Å². The lowest BCUT2D eigenvalue weighted by atomic mass is 10.1. The smallest absolute Gasteiger partial charge is 0.127 e. The van der Waals surface area contributed by atoms with Crippen molar-refractivity contribution >= 4 is 0 Å². The van der Waals surface area contributed by atoms with E-state index in [1.165, 1.54) is 16.7 Å². The van der Waals surface area contributed by atoms with Crippen LogP contribution in [0.2, 0.25) is 0 Å². The van der Waals surface area contributed by atoms with E-state index in [-0.39, 0.29) is 0 Å². The highest BCUT2D eigenvalue weighted by molar-refractivity contribution is 5.48. The number of ether oxygens (including phenoxy) is 2. The van der Waals surface area contributed by atoms with Crippen LogP contribution in [-0.4, -0.2) is 19.1 Å². The van der Waals surface area contributed by atoms with Crippen LogP contribution in [0.25, 0.3) is 0 Å². The molecule has 104 valence electrons. The molecule has 0 amide bonds. The van der Waals surface area contributed by atoms with Crippen molar-refractivity contribution in [1.82, 2.24) is 4.90 Å². The van der Waals surface area contributed by atoms with Crippen LogP contribution in [0.4, 0.5) is 0 Å². The molecule has 0 unspecified atom stereocenters. The van der Waals surface area contributed by atoms with Crippen LogP contribution < -0.4 is 9.47 Å². The quantitative estimate of drug-likeness (QED) is 0.850. The largest absolute Gasteiger partial charge is 0.497 e. The molecular formula is C17H19NO2. The van der Waals surface area contributed by atoms with E-state index in [9.17, 15) is 0 Å². The van der Waals surface area contributed by atoms with Gasteiger partial charge in [-0.1, -0.05) is 30.3 Å². The van der Waals surface area contributed by atoms with Crippen molar-refractivity contribution in [3.63, 3.8) is 0 Å². The van der Waals surface area contributed by atoms with Gasteiger partial charge in [0.05, 0.1) is 14.2 Å². The van der Waals surface area contributed by atoms with Crippen molar-refractivity contribution in [2.75, 3.05) is 14.2 Å². The topological polar surface area (TPSA) is 21.7 Å². The van der Waals surface area contributed by atoms with Crippen molar-refractivity contribution in [3.8, 4) is 11.5 Å². The summed E-state index contributed by atoms with van der Waals surface area (Å²) in [4.78, 5) is 2.42. The highest BCUT2D eigenvalue weighted by Crippen LogP contribution is 2.35. The summed E-state index contributed by atoms with van der Waals surface area (Å²) in [6.07, 6.45) is 0. The SMILES string of the molecule is COc1cc2c(c(OC)c1)CN(Cc1ccccc1)C2. The van der Waals surface area contributed by atoms with Gasteiger partial charge in [0.15, 0.2) is 0 Å². The maximum atomic E-state index is 5.49. The molecule has 2 aromatic rings. The Kier molecular flexibility index (Phi) is 3.61. The highest BCUT2D eigenvalue weighted by atomic mass is 16.5. The Bertz CT molecular complexity index is 595. The number of fused-ring (bicyclic) bond motifs is 1. The first-order chi connectivity index (χ1) is 9.80. The average molecular weight is 269 g/mol. The molecule has 3 heteroatoms. The lowest BCUT2D eigenvalue weighted by molar-refractivity contribution is 0.273. The molecule has 2 aromatic carbocycles. The lowest BCUT2D eigenvalue weighted by Gasteiger charge is -2.14. The second-order valence-corrected chi connectivity index (χ2v) is 5.10. The van der Waals surface area contributed by atoms with E-state index in [1.807, 2.05) is 6.07 Å². The third-order valence-corrected chi connectivity index (χ3v) is 3.76. The summed E-state index contributed by atoms with van der Waals surface area (Å²) < 4.78 is 10.8. The summed E-state index contributed by atoms with van der Waals surface area (Å²) in [5.41, 5.74) is 3.92. The Labute approximate surface area is 119 Å². The van der Waals surface area contributed by atoms with Crippen molar-refractivity contribution in [2.45, 2.75) is 19.6 Å². The predicted molar refractivity (Wildman–Crippen MR) is 78.9 cm³/mol. The van der Waals surface area contributed by atoms with Gasteiger partial charge in [-0.2, -0.15) is 0 Å². The van der Waals surface area contributed by atoms with Gasteiger partial charge in [-0.15, -0.1) is 0 Å². The third-order valence-electron chi connectivity index (χ3n) is 3.76. The van der Waals surface area contributed by atoms with E-state index < -0.39 is 0 Å². The molecule has 0 N–H and O–H groups in total. The summed E-state index contributed by atoms with van der Waals surface area (Å²) >= 11 is 0. The molecule has 0 atom stereocenters. The summed E-state index contributed by atoms with van der Waals surface area (Å²) in [5, 5.41) is 0. The van der Waals surface area contributed by atoms with E-state index in [0.29, 0.717) is 0 Å². The first-order valence-electron chi connectivity index (χ1n) is 6.80. The Balaban J connectivity index is 1.81. The van der Waals surface area contributed by atoms with Gasteiger partial charge in [0.2, 0.25) is 0 Å². The normalized spacial score (nSPS) is 14.1.